The average molecular weight is 227 g/mol. The number of benzene rings is 1. The lowest BCUT2D eigenvalue weighted by Crippen LogP contribution is -2.24. The quantitative estimate of drug-likeness (QED) is 0.784. The predicted octanol–water partition coefficient (Wildman–Crippen LogP) is 2.11. The van der Waals surface area contributed by atoms with Crippen molar-refractivity contribution in [3.8, 4) is 0 Å². The highest BCUT2D eigenvalue weighted by molar-refractivity contribution is 7.97. The van der Waals surface area contributed by atoms with E-state index in [1.165, 1.54) is 5.56 Å². The van der Waals surface area contributed by atoms with E-state index in [0.717, 1.165) is 6.42 Å². The molecule has 0 fully saturated rings. The van der Waals surface area contributed by atoms with E-state index in [-0.39, 0.29) is 0 Å². The van der Waals surface area contributed by atoms with Gasteiger partial charge in [-0.15, -0.1) is 0 Å². The van der Waals surface area contributed by atoms with E-state index in [1.807, 2.05) is 32.0 Å². The summed E-state index contributed by atoms with van der Waals surface area (Å²) in [6.07, 6.45) is 2.50. The Kier molecular flexibility index (Phi) is 7.09. The fourth-order valence-corrected chi connectivity index (χ4v) is 1.59. The van der Waals surface area contributed by atoms with Crippen LogP contribution >= 0.6 is 0 Å². The lowest BCUT2D eigenvalue weighted by Gasteiger charge is -2.05. The van der Waals surface area contributed by atoms with Crippen LogP contribution in [-0.4, -0.2) is 22.9 Å². The molecule has 0 saturated heterocycles. The molecular weight excluding hydrogens is 206 g/mol. The van der Waals surface area contributed by atoms with Crippen molar-refractivity contribution in [1.82, 2.24) is 4.72 Å². The Hall–Kier alpha value is -0.800. The Morgan fingerprint density at radius 2 is 1.80 bits per heavy atom. The summed E-state index contributed by atoms with van der Waals surface area (Å²) in [6, 6.07) is 10.1. The maximum atomic E-state index is 11.2. The average Bonchev–Trinajstić information content (AvgIpc) is 2.20. The Morgan fingerprint density at radius 1 is 1.27 bits per heavy atom. The molecule has 3 heteroatoms. The molecule has 0 radical (unpaired) electrons. The summed E-state index contributed by atoms with van der Waals surface area (Å²) in [4.78, 5) is 0. The number of rotatable bonds is 4. The molecule has 1 rings (SSSR count). The normalized spacial score (nSPS) is 13.5. The van der Waals surface area contributed by atoms with Gasteiger partial charge in [0.1, 0.15) is 0 Å². The maximum absolute atomic E-state index is 11.2. The summed E-state index contributed by atoms with van der Waals surface area (Å²) in [5.74, 6) is 3.52. The van der Waals surface area contributed by atoms with Gasteiger partial charge in [-0.05, 0) is 17.9 Å². The summed E-state index contributed by atoms with van der Waals surface area (Å²) >= 11 is 0. The third-order valence-corrected chi connectivity index (χ3v) is 2.48. The van der Waals surface area contributed by atoms with Crippen LogP contribution in [0.1, 0.15) is 19.4 Å². The van der Waals surface area contributed by atoms with Crippen molar-refractivity contribution in [1.29, 1.82) is 0 Å². The zero-order chi connectivity index (χ0) is 11.7. The zero-order valence-electron chi connectivity index (χ0n) is 9.82. The van der Waals surface area contributed by atoms with Gasteiger partial charge in [0.2, 0.25) is 0 Å². The molecule has 2 nitrogen and oxygen atoms in total. The van der Waals surface area contributed by atoms with Gasteiger partial charge >= 0.3 is 0 Å². The van der Waals surface area contributed by atoms with Crippen LogP contribution in [-0.2, 0) is 16.1 Å². The fourth-order valence-electron chi connectivity index (χ4n) is 1.06. The SMILES string of the molecule is C=S(C)(=O)NCCc1ccccc1.CC. The van der Waals surface area contributed by atoms with Gasteiger partial charge in [-0.1, -0.05) is 44.2 Å². The third kappa shape index (κ3) is 8.21. The number of hydrogen-bond acceptors (Lipinski definition) is 1. The van der Waals surface area contributed by atoms with E-state index in [0.29, 0.717) is 6.54 Å². The molecule has 0 aliphatic heterocycles. The molecule has 0 aliphatic rings. The minimum absolute atomic E-state index is 0.711. The Morgan fingerprint density at radius 3 is 2.27 bits per heavy atom. The minimum atomic E-state index is -2.04. The third-order valence-electron chi connectivity index (χ3n) is 1.66. The Balaban J connectivity index is 0.000000921. The van der Waals surface area contributed by atoms with Crippen molar-refractivity contribution >= 4 is 15.6 Å². The molecule has 1 aromatic carbocycles. The van der Waals surface area contributed by atoms with Crippen molar-refractivity contribution in [3.63, 3.8) is 0 Å². The van der Waals surface area contributed by atoms with E-state index in [1.54, 1.807) is 6.26 Å². The van der Waals surface area contributed by atoms with Crippen LogP contribution in [0.25, 0.3) is 0 Å². The van der Waals surface area contributed by atoms with Gasteiger partial charge in [0.25, 0.3) is 0 Å². The van der Waals surface area contributed by atoms with Gasteiger partial charge < -0.3 is 0 Å². The van der Waals surface area contributed by atoms with Gasteiger partial charge in [-0.2, -0.15) is 0 Å². The second kappa shape index (κ2) is 7.49. The molecule has 0 aliphatic carbocycles. The van der Waals surface area contributed by atoms with Gasteiger partial charge in [0.15, 0.2) is 0 Å². The van der Waals surface area contributed by atoms with E-state index < -0.39 is 9.71 Å². The first-order valence-corrected chi connectivity index (χ1v) is 7.32. The number of nitrogens with one attached hydrogen (secondary N) is 1. The highest BCUT2D eigenvalue weighted by Gasteiger charge is 1.94. The molecule has 0 heterocycles. The van der Waals surface area contributed by atoms with Crippen LogP contribution in [0.5, 0.6) is 0 Å². The van der Waals surface area contributed by atoms with Crippen molar-refractivity contribution in [3.05, 3.63) is 35.9 Å². The molecule has 0 amide bonds. The van der Waals surface area contributed by atoms with Crippen LogP contribution in [0, 0.1) is 0 Å². The summed E-state index contributed by atoms with van der Waals surface area (Å²) in [5.41, 5.74) is 1.25. The van der Waals surface area contributed by atoms with E-state index in [4.69, 9.17) is 0 Å². The van der Waals surface area contributed by atoms with Gasteiger partial charge in [-0.3, -0.25) is 4.21 Å². The van der Waals surface area contributed by atoms with E-state index >= 15 is 0 Å². The molecule has 0 aromatic heterocycles. The zero-order valence-corrected chi connectivity index (χ0v) is 10.6. The Labute approximate surface area is 93.9 Å². The van der Waals surface area contributed by atoms with Gasteiger partial charge in [0, 0.05) is 22.5 Å². The summed E-state index contributed by atoms with van der Waals surface area (Å²) in [7, 11) is -2.04. The van der Waals surface area contributed by atoms with Gasteiger partial charge in [0.05, 0.1) is 0 Å². The maximum Gasteiger partial charge on any atom is 0.0220 e. The van der Waals surface area contributed by atoms with Crippen LogP contribution < -0.4 is 4.72 Å². The lowest BCUT2D eigenvalue weighted by atomic mass is 10.2. The first-order valence-electron chi connectivity index (χ1n) is 5.19. The van der Waals surface area contributed by atoms with Crippen LogP contribution in [0.2, 0.25) is 0 Å². The van der Waals surface area contributed by atoms with Crippen LogP contribution in [0.15, 0.2) is 30.3 Å². The predicted molar refractivity (Wildman–Crippen MR) is 70.7 cm³/mol. The topological polar surface area (TPSA) is 29.1 Å². The molecule has 86 valence electrons. The summed E-state index contributed by atoms with van der Waals surface area (Å²) in [6.45, 7) is 4.71. The first-order chi connectivity index (χ1) is 7.08. The summed E-state index contributed by atoms with van der Waals surface area (Å²) in [5, 5.41) is 0. The lowest BCUT2D eigenvalue weighted by molar-refractivity contribution is 0.673. The molecule has 1 atom stereocenters. The molecular formula is C12H21NOS. The highest BCUT2D eigenvalue weighted by atomic mass is 32.2. The summed E-state index contributed by atoms with van der Waals surface area (Å²) < 4.78 is 14.0. The van der Waals surface area contributed by atoms with Crippen LogP contribution in [0.4, 0.5) is 0 Å². The molecule has 0 spiro atoms. The fraction of sp³-hybridized carbons (Fsp3) is 0.417. The smallest absolute Gasteiger partial charge is 0.0220 e. The molecule has 15 heavy (non-hydrogen) atoms. The molecule has 1 unspecified atom stereocenters. The van der Waals surface area contributed by atoms with Crippen molar-refractivity contribution in [2.45, 2.75) is 20.3 Å². The largest absolute Gasteiger partial charge is 0.253 e. The Bertz CT molecular complexity index is 343. The monoisotopic (exact) mass is 227 g/mol. The van der Waals surface area contributed by atoms with E-state index in [2.05, 4.69) is 22.7 Å². The molecule has 1 aromatic rings. The molecule has 0 bridgehead atoms. The second-order valence-corrected chi connectivity index (χ2v) is 5.43. The molecule has 1 N–H and O–H groups in total. The van der Waals surface area contributed by atoms with Crippen molar-refractivity contribution in [2.24, 2.45) is 0 Å². The number of hydrogen-bond donors (Lipinski definition) is 1. The van der Waals surface area contributed by atoms with E-state index in [9.17, 15) is 4.21 Å². The van der Waals surface area contributed by atoms with Crippen LogP contribution in [0.3, 0.4) is 0 Å². The highest BCUT2D eigenvalue weighted by Crippen LogP contribution is 1.98. The standard InChI is InChI=1S/C10H15NOS.C2H6/c1-13(2,12)11-9-8-10-6-4-3-5-7-10;1-2/h3-7H,1,8-9H2,2H3,(H,11,12);1-2H3. The van der Waals surface area contributed by atoms with Crippen molar-refractivity contribution < 1.29 is 4.21 Å². The second-order valence-electron chi connectivity index (χ2n) is 3.13. The first kappa shape index (κ1) is 14.2. The van der Waals surface area contributed by atoms with Gasteiger partial charge in [-0.25, -0.2) is 4.72 Å². The molecule has 0 saturated carbocycles. The van der Waals surface area contributed by atoms with Crippen molar-refractivity contribution in [2.75, 3.05) is 12.8 Å². The minimum Gasteiger partial charge on any atom is -0.253 e.